The topological polar surface area (TPSA) is 29.1 Å². The third kappa shape index (κ3) is 3.20. The lowest BCUT2D eigenvalue weighted by atomic mass is 10.0. The van der Waals surface area contributed by atoms with Gasteiger partial charge in [0.1, 0.15) is 0 Å². The average Bonchev–Trinajstić information content (AvgIpc) is 3.02. The van der Waals surface area contributed by atoms with Crippen molar-refractivity contribution in [2.24, 2.45) is 0 Å². The first-order valence-corrected chi connectivity index (χ1v) is 8.46. The zero-order valence-corrected chi connectivity index (χ0v) is 14.3. The van der Waals surface area contributed by atoms with E-state index in [1.165, 1.54) is 22.5 Å². The van der Waals surface area contributed by atoms with Gasteiger partial charge in [-0.1, -0.05) is 42.0 Å². The summed E-state index contributed by atoms with van der Waals surface area (Å²) in [6.07, 6.45) is 0. The van der Waals surface area contributed by atoms with Crippen molar-refractivity contribution in [1.82, 2.24) is 0 Å². The number of benzene rings is 2. The summed E-state index contributed by atoms with van der Waals surface area (Å²) in [6.45, 7) is 6.14. The lowest BCUT2D eigenvalue weighted by molar-refractivity contribution is 0.103. The number of aryl methyl sites for hydroxylation is 2. The molecule has 0 saturated heterocycles. The van der Waals surface area contributed by atoms with Gasteiger partial charge < -0.3 is 5.32 Å². The summed E-state index contributed by atoms with van der Waals surface area (Å²) >= 11 is 1.47. The van der Waals surface area contributed by atoms with E-state index in [1.54, 1.807) is 0 Å². The summed E-state index contributed by atoms with van der Waals surface area (Å²) in [4.78, 5) is 13.4. The van der Waals surface area contributed by atoms with Crippen LogP contribution < -0.4 is 5.32 Å². The highest BCUT2D eigenvalue weighted by atomic mass is 32.1. The molecule has 3 aromatic rings. The molecule has 3 heteroatoms. The van der Waals surface area contributed by atoms with Crippen LogP contribution in [-0.4, -0.2) is 5.91 Å². The molecule has 1 heterocycles. The van der Waals surface area contributed by atoms with Gasteiger partial charge in [0, 0.05) is 11.3 Å². The second-order valence-electron chi connectivity index (χ2n) is 5.73. The third-order valence-corrected chi connectivity index (χ3v) is 5.00. The Labute approximate surface area is 140 Å². The van der Waals surface area contributed by atoms with Crippen LogP contribution in [0.5, 0.6) is 0 Å². The minimum atomic E-state index is -0.0516. The van der Waals surface area contributed by atoms with Crippen LogP contribution in [0.25, 0.3) is 11.1 Å². The number of nitrogens with one attached hydrogen (secondary N) is 1. The minimum Gasteiger partial charge on any atom is -0.321 e. The van der Waals surface area contributed by atoms with Gasteiger partial charge in [-0.05, 0) is 55.0 Å². The molecule has 0 saturated carbocycles. The van der Waals surface area contributed by atoms with Crippen molar-refractivity contribution in [3.63, 3.8) is 0 Å². The van der Waals surface area contributed by atoms with Crippen molar-refractivity contribution in [3.8, 4) is 11.1 Å². The van der Waals surface area contributed by atoms with Gasteiger partial charge in [-0.2, -0.15) is 0 Å². The Morgan fingerprint density at radius 2 is 1.70 bits per heavy atom. The van der Waals surface area contributed by atoms with Crippen LogP contribution in [-0.2, 0) is 0 Å². The summed E-state index contributed by atoms with van der Waals surface area (Å²) in [5.41, 5.74) is 6.42. The number of carbonyl (C=O) groups excluding carboxylic acids is 1. The molecular formula is C20H19NOS. The molecule has 0 unspecified atom stereocenters. The fourth-order valence-corrected chi connectivity index (χ4v) is 3.32. The van der Waals surface area contributed by atoms with Crippen LogP contribution in [0, 0.1) is 20.8 Å². The summed E-state index contributed by atoms with van der Waals surface area (Å²) in [6, 6.07) is 16.2. The largest absolute Gasteiger partial charge is 0.321 e. The molecular weight excluding hydrogens is 302 g/mol. The van der Waals surface area contributed by atoms with Gasteiger partial charge in [0.2, 0.25) is 0 Å². The number of amides is 1. The summed E-state index contributed by atoms with van der Waals surface area (Å²) in [7, 11) is 0. The number of hydrogen-bond acceptors (Lipinski definition) is 2. The number of rotatable bonds is 3. The first kappa shape index (κ1) is 15.5. The van der Waals surface area contributed by atoms with Gasteiger partial charge in [0.25, 0.3) is 5.91 Å². The normalized spacial score (nSPS) is 10.6. The van der Waals surface area contributed by atoms with Crippen LogP contribution in [0.2, 0.25) is 0 Å². The first-order valence-electron chi connectivity index (χ1n) is 7.58. The second-order valence-corrected chi connectivity index (χ2v) is 6.65. The molecule has 1 aromatic heterocycles. The van der Waals surface area contributed by atoms with E-state index in [-0.39, 0.29) is 5.91 Å². The Bertz CT molecular complexity index is 846. The molecule has 0 aliphatic heterocycles. The fraction of sp³-hybridized carbons (Fsp3) is 0.150. The highest BCUT2D eigenvalue weighted by Crippen LogP contribution is 2.30. The highest BCUT2D eigenvalue weighted by Gasteiger charge is 2.15. The maximum atomic E-state index is 12.7. The van der Waals surface area contributed by atoms with E-state index in [0.29, 0.717) is 0 Å². The molecule has 0 aliphatic carbocycles. The van der Waals surface area contributed by atoms with Gasteiger partial charge in [0.15, 0.2) is 0 Å². The monoisotopic (exact) mass is 321 g/mol. The van der Waals surface area contributed by atoms with Gasteiger partial charge in [-0.3, -0.25) is 4.79 Å². The quantitative estimate of drug-likeness (QED) is 0.669. The SMILES string of the molecule is Cc1ccc(-c2ccsc2C(=O)Nc2cccc(C)c2C)cc1. The molecule has 0 fully saturated rings. The Morgan fingerprint density at radius 3 is 2.43 bits per heavy atom. The van der Waals surface area contributed by atoms with E-state index in [2.05, 4.69) is 36.5 Å². The molecule has 0 atom stereocenters. The zero-order chi connectivity index (χ0) is 16.4. The molecule has 116 valence electrons. The van der Waals surface area contributed by atoms with Crippen LogP contribution in [0.4, 0.5) is 5.69 Å². The molecule has 1 N–H and O–H groups in total. The number of hydrogen-bond donors (Lipinski definition) is 1. The van der Waals surface area contributed by atoms with Crippen molar-refractivity contribution in [2.45, 2.75) is 20.8 Å². The maximum Gasteiger partial charge on any atom is 0.266 e. The highest BCUT2D eigenvalue weighted by molar-refractivity contribution is 7.12. The molecule has 0 radical (unpaired) electrons. The number of carbonyl (C=O) groups is 1. The second kappa shape index (κ2) is 6.39. The van der Waals surface area contributed by atoms with E-state index in [1.807, 2.05) is 43.5 Å². The Balaban J connectivity index is 1.91. The summed E-state index contributed by atoms with van der Waals surface area (Å²) in [5, 5.41) is 5.01. The van der Waals surface area contributed by atoms with Crippen molar-refractivity contribution in [2.75, 3.05) is 5.32 Å². The maximum absolute atomic E-state index is 12.7. The van der Waals surface area contributed by atoms with Crippen molar-refractivity contribution in [1.29, 1.82) is 0 Å². The molecule has 3 rings (SSSR count). The Hall–Kier alpha value is -2.39. The van der Waals surface area contributed by atoms with Gasteiger partial charge in [0.05, 0.1) is 4.88 Å². The van der Waals surface area contributed by atoms with Crippen molar-refractivity contribution >= 4 is 22.9 Å². The number of thiophene rings is 1. The van der Waals surface area contributed by atoms with E-state index < -0.39 is 0 Å². The van der Waals surface area contributed by atoms with Gasteiger partial charge in [-0.15, -0.1) is 11.3 Å². The predicted molar refractivity (Wildman–Crippen MR) is 98.4 cm³/mol. The van der Waals surface area contributed by atoms with Crippen LogP contribution in [0.3, 0.4) is 0 Å². The molecule has 0 spiro atoms. The Kier molecular flexibility index (Phi) is 4.30. The lowest BCUT2D eigenvalue weighted by Gasteiger charge is -2.11. The Morgan fingerprint density at radius 1 is 0.957 bits per heavy atom. The molecule has 2 nitrogen and oxygen atoms in total. The van der Waals surface area contributed by atoms with Crippen molar-refractivity contribution < 1.29 is 4.79 Å². The average molecular weight is 321 g/mol. The van der Waals surface area contributed by atoms with Gasteiger partial charge in [-0.25, -0.2) is 0 Å². The van der Waals surface area contributed by atoms with Gasteiger partial charge >= 0.3 is 0 Å². The smallest absolute Gasteiger partial charge is 0.266 e. The summed E-state index contributed by atoms with van der Waals surface area (Å²) in [5.74, 6) is -0.0516. The lowest BCUT2D eigenvalue weighted by Crippen LogP contribution is -2.12. The van der Waals surface area contributed by atoms with E-state index in [9.17, 15) is 4.79 Å². The molecule has 23 heavy (non-hydrogen) atoms. The predicted octanol–water partition coefficient (Wildman–Crippen LogP) is 5.59. The fourth-order valence-electron chi connectivity index (χ4n) is 2.51. The molecule has 1 amide bonds. The molecule has 2 aromatic carbocycles. The molecule has 0 aliphatic rings. The third-order valence-electron chi connectivity index (χ3n) is 4.09. The van der Waals surface area contributed by atoms with E-state index >= 15 is 0 Å². The number of anilines is 1. The summed E-state index contributed by atoms with van der Waals surface area (Å²) < 4.78 is 0. The van der Waals surface area contributed by atoms with Crippen molar-refractivity contribution in [3.05, 3.63) is 75.5 Å². The zero-order valence-electron chi connectivity index (χ0n) is 13.5. The van der Waals surface area contributed by atoms with Crippen LogP contribution in [0.1, 0.15) is 26.4 Å². The standard InChI is InChI=1S/C20H19NOS/c1-13-7-9-16(10-8-13)17-11-12-23-19(17)20(22)21-18-6-4-5-14(2)15(18)3/h4-12H,1-3H3,(H,21,22). The van der Waals surface area contributed by atoms with Crippen LogP contribution in [0.15, 0.2) is 53.9 Å². The van der Waals surface area contributed by atoms with E-state index in [0.717, 1.165) is 27.3 Å². The first-order chi connectivity index (χ1) is 11.1. The minimum absolute atomic E-state index is 0.0516. The van der Waals surface area contributed by atoms with Crippen LogP contribution >= 0.6 is 11.3 Å². The molecule has 0 bridgehead atoms. The van der Waals surface area contributed by atoms with E-state index in [4.69, 9.17) is 0 Å².